The molecule has 1 N–H and O–H groups in total. The number of rotatable bonds is 12. The topological polar surface area (TPSA) is 71.1 Å². The van der Waals surface area contributed by atoms with E-state index in [4.69, 9.17) is 44.3 Å². The lowest BCUT2D eigenvalue weighted by molar-refractivity contribution is -0.128. The van der Waals surface area contributed by atoms with Crippen molar-refractivity contribution < 1.29 is 36.6 Å². The molecule has 3 aromatic carbocycles. The Morgan fingerprint density at radius 1 is 0.887 bits per heavy atom. The highest BCUT2D eigenvalue weighted by molar-refractivity contribution is 6.68. The molecule has 1 aliphatic carbocycles. The van der Waals surface area contributed by atoms with Gasteiger partial charge in [-0.2, -0.15) is 4.39 Å². The second-order valence-electron chi connectivity index (χ2n) is 14.1. The highest BCUT2D eigenvalue weighted by Gasteiger charge is 2.50. The number of alkyl halides is 3. The average Bonchev–Trinajstić information content (AvgIpc) is 3.95. The zero-order valence-electron chi connectivity index (χ0n) is 29.2. The van der Waals surface area contributed by atoms with Crippen LogP contribution in [0.4, 0.5) is 22.4 Å². The molecule has 2 amide bonds. The molecule has 1 saturated heterocycles. The molecule has 2 bridgehead atoms. The lowest BCUT2D eigenvalue weighted by Gasteiger charge is -2.48. The molecular weight excluding hydrogens is 757 g/mol. The summed E-state index contributed by atoms with van der Waals surface area (Å²) >= 11 is 18.5. The van der Waals surface area contributed by atoms with Crippen molar-refractivity contribution in [3.63, 3.8) is 0 Å². The number of carbonyl (C=O) groups is 2. The largest absolute Gasteiger partial charge is 0.488 e. The third-order valence-electron chi connectivity index (χ3n) is 9.97. The lowest BCUT2D eigenvalue weighted by atomic mass is 9.81. The zero-order chi connectivity index (χ0) is 38.1. The first kappa shape index (κ1) is 39.2. The first-order valence-corrected chi connectivity index (χ1v) is 18.7. The second kappa shape index (κ2) is 16.1. The van der Waals surface area contributed by atoms with Crippen molar-refractivity contribution in [3.8, 4) is 5.75 Å². The number of ether oxygens (including phenoxy) is 2. The number of aryl methyl sites for hydroxylation is 1. The van der Waals surface area contributed by atoms with Gasteiger partial charge < -0.3 is 19.7 Å². The molecule has 2 heterocycles. The summed E-state index contributed by atoms with van der Waals surface area (Å²) in [4.78, 5) is 32.2. The fourth-order valence-electron chi connectivity index (χ4n) is 6.80. The summed E-state index contributed by atoms with van der Waals surface area (Å²) in [5.41, 5.74) is 2.45. The molecule has 2 atom stereocenters. The molecule has 2 aliphatic heterocycles. The van der Waals surface area contributed by atoms with Crippen molar-refractivity contribution in [2.24, 2.45) is 0 Å². The number of nitrogens with zero attached hydrogens (tertiary/aromatic N) is 2. The van der Waals surface area contributed by atoms with Crippen LogP contribution in [0.5, 0.6) is 5.75 Å². The standard InChI is InChI=1S/C39H40Cl3F4N3O4/c1-38(2,39(40,41)42)53-37(51)49-28-20-29(25-9-5-23(6-10-25)4-3-19-52-35-31(45)16-15-30(44)34(35)46)33(32(49)22-47-21-28)36(50)48(27-13-14-27)18-17-24-7-11-26(43)12-8-24/h5-12,15-16,27-28,32,47H,3-4,13-14,17-22H2,1-2H3/t28?,32-/m1/s1. The van der Waals surface area contributed by atoms with Gasteiger partial charge in [0.2, 0.25) is 9.61 Å². The number of carbonyl (C=O) groups excluding carboxylic acids is 2. The summed E-state index contributed by atoms with van der Waals surface area (Å²) in [6.45, 7) is 4.15. The Bertz CT molecular complexity index is 1850. The third-order valence-corrected chi connectivity index (χ3v) is 11.3. The number of nitrogens with one attached hydrogen (secondary N) is 1. The van der Waals surface area contributed by atoms with Crippen LogP contribution in [0.15, 0.2) is 66.2 Å². The second-order valence-corrected chi connectivity index (χ2v) is 16.4. The van der Waals surface area contributed by atoms with Gasteiger partial charge in [-0.25, -0.2) is 18.0 Å². The predicted molar refractivity (Wildman–Crippen MR) is 196 cm³/mol. The highest BCUT2D eigenvalue weighted by atomic mass is 35.6. The van der Waals surface area contributed by atoms with E-state index in [1.165, 1.54) is 26.0 Å². The van der Waals surface area contributed by atoms with E-state index >= 15 is 0 Å². The Morgan fingerprint density at radius 3 is 2.19 bits per heavy atom. The van der Waals surface area contributed by atoms with Gasteiger partial charge in [-0.3, -0.25) is 9.69 Å². The summed E-state index contributed by atoms with van der Waals surface area (Å²) in [6.07, 6.45) is 2.80. The van der Waals surface area contributed by atoms with Gasteiger partial charge in [-0.15, -0.1) is 0 Å². The van der Waals surface area contributed by atoms with Crippen LogP contribution in [-0.2, 0) is 22.4 Å². The molecule has 0 aromatic heterocycles. The van der Waals surface area contributed by atoms with E-state index in [0.29, 0.717) is 57.0 Å². The Hall–Kier alpha value is -3.51. The van der Waals surface area contributed by atoms with Crippen LogP contribution in [0.25, 0.3) is 5.57 Å². The summed E-state index contributed by atoms with van der Waals surface area (Å²) < 4.78 is 64.2. The molecule has 2 fully saturated rings. The quantitative estimate of drug-likeness (QED) is 0.0862. The summed E-state index contributed by atoms with van der Waals surface area (Å²) in [7, 11) is 0. The van der Waals surface area contributed by atoms with Gasteiger partial charge >= 0.3 is 6.09 Å². The van der Waals surface area contributed by atoms with E-state index in [-0.39, 0.29) is 30.4 Å². The van der Waals surface area contributed by atoms with E-state index in [1.807, 2.05) is 29.2 Å². The number of piperazine rings is 1. The maximum atomic E-state index is 14.8. The monoisotopic (exact) mass is 795 g/mol. The molecule has 1 saturated carbocycles. The van der Waals surface area contributed by atoms with Gasteiger partial charge in [0, 0.05) is 31.2 Å². The van der Waals surface area contributed by atoms with Crippen LogP contribution in [0.3, 0.4) is 0 Å². The molecule has 6 rings (SSSR count). The smallest absolute Gasteiger partial charge is 0.411 e. The van der Waals surface area contributed by atoms with E-state index in [9.17, 15) is 27.2 Å². The Kier molecular flexibility index (Phi) is 11.9. The van der Waals surface area contributed by atoms with Gasteiger partial charge in [0.05, 0.1) is 18.7 Å². The third kappa shape index (κ3) is 8.90. The number of halogens is 7. The van der Waals surface area contributed by atoms with E-state index < -0.39 is 44.7 Å². The van der Waals surface area contributed by atoms with Crippen molar-refractivity contribution in [1.29, 1.82) is 0 Å². The number of fused-ring (bicyclic) bond motifs is 2. The molecule has 7 nitrogen and oxygen atoms in total. The molecule has 3 aliphatic rings. The van der Waals surface area contributed by atoms with Crippen molar-refractivity contribution >= 4 is 52.4 Å². The number of benzene rings is 3. The number of hydrogen-bond acceptors (Lipinski definition) is 5. The molecule has 0 radical (unpaired) electrons. The van der Waals surface area contributed by atoms with Gasteiger partial charge in [0.25, 0.3) is 5.91 Å². The van der Waals surface area contributed by atoms with Crippen LogP contribution >= 0.6 is 34.8 Å². The van der Waals surface area contributed by atoms with E-state index in [0.717, 1.165) is 41.2 Å². The maximum Gasteiger partial charge on any atom is 0.411 e. The van der Waals surface area contributed by atoms with Crippen LogP contribution < -0.4 is 10.1 Å². The van der Waals surface area contributed by atoms with Crippen LogP contribution in [-0.4, -0.2) is 75.6 Å². The number of amides is 2. The Labute approximate surface area is 321 Å². The molecular formula is C39H40Cl3F4N3O4. The Balaban J connectivity index is 1.27. The summed E-state index contributed by atoms with van der Waals surface area (Å²) in [5, 5.41) is 3.38. The minimum atomic E-state index is -1.91. The van der Waals surface area contributed by atoms with E-state index in [2.05, 4.69) is 5.32 Å². The average molecular weight is 797 g/mol. The molecule has 284 valence electrons. The molecule has 14 heteroatoms. The molecule has 0 spiro atoms. The summed E-state index contributed by atoms with van der Waals surface area (Å²) in [6, 6.07) is 14.4. The fourth-order valence-corrected chi connectivity index (χ4v) is 6.92. The van der Waals surface area contributed by atoms with Gasteiger partial charge in [0.1, 0.15) is 5.82 Å². The van der Waals surface area contributed by atoms with Gasteiger partial charge in [-0.05, 0) is 98.9 Å². The first-order valence-electron chi connectivity index (χ1n) is 17.6. The van der Waals surface area contributed by atoms with Gasteiger partial charge in [0.15, 0.2) is 23.0 Å². The molecule has 3 aromatic rings. The normalized spacial score (nSPS) is 18.9. The fraction of sp³-hybridized carbons (Fsp3) is 0.436. The van der Waals surface area contributed by atoms with Crippen LogP contribution in [0.1, 0.15) is 56.2 Å². The first-order chi connectivity index (χ1) is 25.1. The Morgan fingerprint density at radius 2 is 1.53 bits per heavy atom. The van der Waals surface area contributed by atoms with E-state index in [1.54, 1.807) is 17.0 Å². The molecule has 53 heavy (non-hydrogen) atoms. The minimum Gasteiger partial charge on any atom is -0.488 e. The van der Waals surface area contributed by atoms with Crippen molar-refractivity contribution in [1.82, 2.24) is 15.1 Å². The SMILES string of the molecule is CC(C)(OC(=O)N1C2CNC[C@@H]1C(C(=O)N(CCc1ccc(F)cc1)C1CC1)=C(c1ccc(CCCOc3c(F)ccc(F)c3F)cc1)C2)C(Cl)(Cl)Cl. The maximum absolute atomic E-state index is 14.8. The van der Waals surface area contributed by atoms with Crippen LogP contribution in [0, 0.1) is 23.3 Å². The van der Waals surface area contributed by atoms with Gasteiger partial charge in [-0.1, -0.05) is 71.2 Å². The molecule has 1 unspecified atom stereocenters. The lowest BCUT2D eigenvalue weighted by Crippen LogP contribution is -2.64. The van der Waals surface area contributed by atoms with Crippen LogP contribution in [0.2, 0.25) is 0 Å². The van der Waals surface area contributed by atoms with Crippen molar-refractivity contribution in [3.05, 3.63) is 106 Å². The highest BCUT2D eigenvalue weighted by Crippen LogP contribution is 2.43. The predicted octanol–water partition coefficient (Wildman–Crippen LogP) is 8.57. The minimum absolute atomic E-state index is 0.0326. The van der Waals surface area contributed by atoms with Crippen molar-refractivity contribution in [2.45, 2.75) is 79.9 Å². The van der Waals surface area contributed by atoms with Crippen molar-refractivity contribution in [2.75, 3.05) is 26.2 Å². The zero-order valence-corrected chi connectivity index (χ0v) is 31.5. The summed E-state index contributed by atoms with van der Waals surface area (Å²) in [5.74, 6) is -4.79. The number of hydrogen-bond donors (Lipinski definition) is 1.